The lowest BCUT2D eigenvalue weighted by Crippen LogP contribution is -2.36. The van der Waals surface area contributed by atoms with Crippen LogP contribution in [-0.4, -0.2) is 58.8 Å². The Hall–Kier alpha value is -2.55. The van der Waals surface area contributed by atoms with Crippen LogP contribution in [0.15, 0.2) is 36.5 Å². The Labute approximate surface area is 149 Å². The standard InChI is InChI=1S/C17H20F3N5O/c1-23(2)14-7-9-24(11-14)16(26)21-12-3-5-13(6-4-12)25-10-8-15(22-25)17(18,19)20/h3-6,8,10,14H,7,9,11H2,1-2H3,(H,21,26)/t14-/m1/s1. The van der Waals surface area contributed by atoms with Crippen molar-refractivity contribution in [3.8, 4) is 5.69 Å². The van der Waals surface area contributed by atoms with E-state index in [1.807, 2.05) is 14.1 Å². The average molecular weight is 367 g/mol. The van der Waals surface area contributed by atoms with Gasteiger partial charge in [-0.1, -0.05) is 0 Å². The zero-order valence-corrected chi connectivity index (χ0v) is 14.5. The van der Waals surface area contributed by atoms with E-state index in [0.717, 1.165) is 17.2 Å². The van der Waals surface area contributed by atoms with Crippen LogP contribution in [0.3, 0.4) is 0 Å². The van der Waals surface area contributed by atoms with Gasteiger partial charge >= 0.3 is 12.2 Å². The van der Waals surface area contributed by atoms with Gasteiger partial charge in [0.2, 0.25) is 0 Å². The zero-order valence-electron chi connectivity index (χ0n) is 14.5. The van der Waals surface area contributed by atoms with Crippen LogP contribution in [0.25, 0.3) is 5.69 Å². The molecule has 1 aromatic carbocycles. The number of carbonyl (C=O) groups excluding carboxylic acids is 1. The van der Waals surface area contributed by atoms with Crippen LogP contribution >= 0.6 is 0 Å². The van der Waals surface area contributed by atoms with Gasteiger partial charge in [0.15, 0.2) is 5.69 Å². The fourth-order valence-electron chi connectivity index (χ4n) is 2.87. The molecule has 140 valence electrons. The summed E-state index contributed by atoms with van der Waals surface area (Å²) < 4.78 is 39.0. The third-order valence-corrected chi connectivity index (χ3v) is 4.44. The quantitative estimate of drug-likeness (QED) is 0.907. The molecule has 9 heteroatoms. The summed E-state index contributed by atoms with van der Waals surface area (Å²) in [5.41, 5.74) is 0.113. The average Bonchev–Trinajstić information content (AvgIpc) is 3.25. The number of hydrogen-bond acceptors (Lipinski definition) is 3. The highest BCUT2D eigenvalue weighted by molar-refractivity contribution is 5.89. The Morgan fingerprint density at radius 2 is 1.92 bits per heavy atom. The van der Waals surface area contributed by atoms with Crippen LogP contribution in [-0.2, 0) is 6.18 Å². The molecule has 2 heterocycles. The number of aromatic nitrogens is 2. The fraction of sp³-hybridized carbons (Fsp3) is 0.412. The van der Waals surface area contributed by atoms with Crippen molar-refractivity contribution in [1.82, 2.24) is 19.6 Å². The fourth-order valence-corrected chi connectivity index (χ4v) is 2.87. The number of rotatable bonds is 3. The van der Waals surface area contributed by atoms with Crippen molar-refractivity contribution in [1.29, 1.82) is 0 Å². The molecule has 1 atom stereocenters. The first-order valence-electron chi connectivity index (χ1n) is 8.20. The van der Waals surface area contributed by atoms with E-state index in [1.165, 1.54) is 6.20 Å². The van der Waals surface area contributed by atoms with Gasteiger partial charge in [-0.05, 0) is 50.8 Å². The first kappa shape index (κ1) is 18.2. The highest BCUT2D eigenvalue weighted by Gasteiger charge is 2.33. The van der Waals surface area contributed by atoms with Crippen molar-refractivity contribution in [3.05, 3.63) is 42.2 Å². The summed E-state index contributed by atoms with van der Waals surface area (Å²) in [6, 6.07) is 7.59. The molecule has 1 aliphatic rings. The van der Waals surface area contributed by atoms with Crippen LogP contribution in [0.2, 0.25) is 0 Å². The molecule has 1 aliphatic heterocycles. The zero-order chi connectivity index (χ0) is 18.9. The van der Waals surface area contributed by atoms with Crippen molar-refractivity contribution in [3.63, 3.8) is 0 Å². The van der Waals surface area contributed by atoms with E-state index in [0.29, 0.717) is 30.5 Å². The van der Waals surface area contributed by atoms with Crippen molar-refractivity contribution in [2.45, 2.75) is 18.6 Å². The Bertz CT molecular complexity index is 769. The molecule has 1 N–H and O–H groups in total. The van der Waals surface area contributed by atoms with Crippen LogP contribution in [0.4, 0.5) is 23.7 Å². The molecule has 3 rings (SSSR count). The Morgan fingerprint density at radius 1 is 1.23 bits per heavy atom. The molecule has 1 saturated heterocycles. The predicted octanol–water partition coefficient (Wildman–Crippen LogP) is 3.06. The number of amides is 2. The van der Waals surface area contributed by atoms with Gasteiger partial charge in [0.05, 0.1) is 5.69 Å². The number of likely N-dealkylation sites (N-methyl/N-ethyl adjacent to an activating group) is 1. The SMILES string of the molecule is CN(C)[C@@H]1CCN(C(=O)Nc2ccc(-n3ccc(C(F)(F)F)n3)cc2)C1. The van der Waals surface area contributed by atoms with Gasteiger partial charge in [0.25, 0.3) is 0 Å². The molecule has 2 aromatic rings. The van der Waals surface area contributed by atoms with Crippen molar-refractivity contribution < 1.29 is 18.0 Å². The predicted molar refractivity (Wildman–Crippen MR) is 91.2 cm³/mol. The molecule has 6 nitrogen and oxygen atoms in total. The number of anilines is 1. The smallest absolute Gasteiger partial charge is 0.323 e. The lowest BCUT2D eigenvalue weighted by Gasteiger charge is -2.20. The number of halogens is 3. The van der Waals surface area contributed by atoms with Gasteiger partial charge in [0.1, 0.15) is 0 Å². The minimum atomic E-state index is -4.47. The summed E-state index contributed by atoms with van der Waals surface area (Å²) in [5, 5.41) is 6.33. The highest BCUT2D eigenvalue weighted by Crippen LogP contribution is 2.28. The maximum atomic E-state index is 12.6. The molecule has 0 radical (unpaired) electrons. The molecular formula is C17H20F3N5O. The van der Waals surface area contributed by atoms with Crippen LogP contribution < -0.4 is 5.32 Å². The summed E-state index contributed by atoms with van der Waals surface area (Å²) in [4.78, 5) is 16.2. The maximum absolute atomic E-state index is 12.6. The largest absolute Gasteiger partial charge is 0.435 e. The van der Waals surface area contributed by atoms with Gasteiger partial charge < -0.3 is 15.1 Å². The first-order valence-corrected chi connectivity index (χ1v) is 8.20. The molecule has 0 saturated carbocycles. The van der Waals surface area contributed by atoms with Crippen molar-refractivity contribution in [2.24, 2.45) is 0 Å². The van der Waals surface area contributed by atoms with E-state index in [-0.39, 0.29) is 6.03 Å². The number of carbonyl (C=O) groups is 1. The first-order chi connectivity index (χ1) is 12.2. The van der Waals surface area contributed by atoms with Gasteiger partial charge in [-0.25, -0.2) is 9.48 Å². The van der Waals surface area contributed by atoms with Crippen LogP contribution in [0.1, 0.15) is 12.1 Å². The second kappa shape index (κ2) is 6.99. The van der Waals surface area contributed by atoms with E-state index in [2.05, 4.69) is 15.3 Å². The van der Waals surface area contributed by atoms with Gasteiger partial charge in [-0.2, -0.15) is 18.3 Å². The van der Waals surface area contributed by atoms with E-state index < -0.39 is 11.9 Å². The molecule has 1 fully saturated rings. The molecule has 0 aliphatic carbocycles. The highest BCUT2D eigenvalue weighted by atomic mass is 19.4. The monoisotopic (exact) mass is 367 g/mol. The summed E-state index contributed by atoms with van der Waals surface area (Å²) >= 11 is 0. The van der Waals surface area contributed by atoms with Gasteiger partial charge in [0, 0.05) is 31.0 Å². The van der Waals surface area contributed by atoms with E-state index in [9.17, 15) is 18.0 Å². The molecule has 26 heavy (non-hydrogen) atoms. The van der Waals surface area contributed by atoms with Gasteiger partial charge in [-0.15, -0.1) is 0 Å². The summed E-state index contributed by atoms with van der Waals surface area (Å²) in [6.07, 6.45) is -2.29. The van der Waals surface area contributed by atoms with E-state index in [4.69, 9.17) is 0 Å². The van der Waals surface area contributed by atoms with Crippen molar-refractivity contribution >= 4 is 11.7 Å². The minimum absolute atomic E-state index is 0.180. The second-order valence-corrected chi connectivity index (χ2v) is 6.47. The Morgan fingerprint density at radius 3 is 2.46 bits per heavy atom. The Kier molecular flexibility index (Phi) is 4.90. The number of likely N-dealkylation sites (tertiary alicyclic amines) is 1. The molecular weight excluding hydrogens is 347 g/mol. The third kappa shape index (κ3) is 3.98. The molecule has 0 spiro atoms. The molecule has 0 unspecified atom stereocenters. The lowest BCUT2D eigenvalue weighted by molar-refractivity contribution is -0.141. The number of hydrogen-bond donors (Lipinski definition) is 1. The minimum Gasteiger partial charge on any atom is -0.323 e. The van der Waals surface area contributed by atoms with Crippen LogP contribution in [0, 0.1) is 0 Å². The normalized spacial score (nSPS) is 17.8. The number of alkyl halides is 3. The van der Waals surface area contributed by atoms with E-state index >= 15 is 0 Å². The molecule has 0 bridgehead atoms. The number of urea groups is 1. The second-order valence-electron chi connectivity index (χ2n) is 6.47. The number of benzene rings is 1. The maximum Gasteiger partial charge on any atom is 0.435 e. The van der Waals surface area contributed by atoms with E-state index in [1.54, 1.807) is 29.2 Å². The Balaban J connectivity index is 1.63. The molecule has 1 aromatic heterocycles. The third-order valence-electron chi connectivity index (χ3n) is 4.44. The van der Waals surface area contributed by atoms with Crippen molar-refractivity contribution in [2.75, 3.05) is 32.5 Å². The summed E-state index contributed by atoms with van der Waals surface area (Å²) in [7, 11) is 3.98. The number of nitrogens with one attached hydrogen (secondary N) is 1. The summed E-state index contributed by atoms with van der Waals surface area (Å²) in [6.45, 7) is 1.37. The topological polar surface area (TPSA) is 53.4 Å². The van der Waals surface area contributed by atoms with Gasteiger partial charge in [-0.3, -0.25) is 0 Å². The number of nitrogens with zero attached hydrogens (tertiary/aromatic N) is 4. The lowest BCUT2D eigenvalue weighted by atomic mass is 10.2. The van der Waals surface area contributed by atoms with Crippen LogP contribution in [0.5, 0.6) is 0 Å². The summed E-state index contributed by atoms with van der Waals surface area (Å²) in [5.74, 6) is 0. The molecule has 2 amide bonds.